The highest BCUT2D eigenvalue weighted by atomic mass is 32.1. The minimum Gasteiger partial charge on any atom is -0.320 e. The summed E-state index contributed by atoms with van der Waals surface area (Å²) in [7, 11) is 1.88. The first-order valence-corrected chi connectivity index (χ1v) is 5.83. The van der Waals surface area contributed by atoms with Crippen molar-refractivity contribution >= 4 is 22.4 Å². The van der Waals surface area contributed by atoms with Gasteiger partial charge in [0.25, 0.3) is 0 Å². The van der Waals surface area contributed by atoms with Gasteiger partial charge in [0.15, 0.2) is 5.13 Å². The van der Waals surface area contributed by atoms with E-state index >= 15 is 0 Å². The van der Waals surface area contributed by atoms with Gasteiger partial charge < -0.3 is 10.6 Å². The summed E-state index contributed by atoms with van der Waals surface area (Å²) in [5, 5.41) is 6.52. The average molecular weight is 227 g/mol. The van der Waals surface area contributed by atoms with Crippen LogP contribution in [0.4, 0.5) is 5.13 Å². The third-order valence-corrected chi connectivity index (χ3v) is 3.09. The largest absolute Gasteiger partial charge is 0.320 e. The Kier molecular flexibility index (Phi) is 4.71. The standard InChI is InChI=1S/C10H17N3OS/c1-7-8(2)15-10(12-7)13-9(14)5-4-6-11-3/h11H,4-6H2,1-3H3,(H,12,13,14). The predicted octanol–water partition coefficient (Wildman–Crippen LogP) is 1.70. The van der Waals surface area contributed by atoms with E-state index in [9.17, 15) is 4.79 Å². The fourth-order valence-corrected chi connectivity index (χ4v) is 1.96. The van der Waals surface area contributed by atoms with Crippen LogP contribution in [0.25, 0.3) is 0 Å². The number of aryl methyl sites for hydroxylation is 2. The summed E-state index contributed by atoms with van der Waals surface area (Å²) in [6.07, 6.45) is 1.39. The number of nitrogens with zero attached hydrogens (tertiary/aromatic N) is 1. The monoisotopic (exact) mass is 227 g/mol. The van der Waals surface area contributed by atoms with Gasteiger partial charge in [0.1, 0.15) is 0 Å². The highest BCUT2D eigenvalue weighted by Crippen LogP contribution is 2.21. The van der Waals surface area contributed by atoms with Crippen molar-refractivity contribution in [1.82, 2.24) is 10.3 Å². The van der Waals surface area contributed by atoms with Crippen LogP contribution in [0, 0.1) is 13.8 Å². The molecule has 0 atom stereocenters. The molecule has 1 aromatic rings. The summed E-state index contributed by atoms with van der Waals surface area (Å²) in [4.78, 5) is 16.8. The second-order valence-electron chi connectivity index (χ2n) is 3.42. The third kappa shape index (κ3) is 3.97. The quantitative estimate of drug-likeness (QED) is 0.753. The molecule has 5 heteroatoms. The van der Waals surface area contributed by atoms with Crippen molar-refractivity contribution in [3.05, 3.63) is 10.6 Å². The average Bonchev–Trinajstić information content (AvgIpc) is 2.46. The zero-order valence-corrected chi connectivity index (χ0v) is 10.2. The van der Waals surface area contributed by atoms with Crippen molar-refractivity contribution < 1.29 is 4.79 Å². The van der Waals surface area contributed by atoms with Crippen molar-refractivity contribution in [3.8, 4) is 0 Å². The SMILES string of the molecule is CNCCCC(=O)Nc1nc(C)c(C)s1. The van der Waals surface area contributed by atoms with Crippen LogP contribution in [0.3, 0.4) is 0 Å². The number of anilines is 1. The van der Waals surface area contributed by atoms with E-state index in [2.05, 4.69) is 15.6 Å². The van der Waals surface area contributed by atoms with Crippen molar-refractivity contribution in [3.63, 3.8) is 0 Å². The molecule has 1 rings (SSSR count). The minimum absolute atomic E-state index is 0.0407. The van der Waals surface area contributed by atoms with E-state index in [1.165, 1.54) is 11.3 Å². The molecule has 0 bridgehead atoms. The Morgan fingerprint density at radius 2 is 2.20 bits per heavy atom. The minimum atomic E-state index is 0.0407. The van der Waals surface area contributed by atoms with Crippen LogP contribution in [0.5, 0.6) is 0 Å². The lowest BCUT2D eigenvalue weighted by atomic mass is 10.3. The van der Waals surface area contributed by atoms with Gasteiger partial charge in [-0.2, -0.15) is 0 Å². The normalized spacial score (nSPS) is 10.3. The molecule has 1 amide bonds. The molecule has 0 unspecified atom stereocenters. The zero-order chi connectivity index (χ0) is 11.3. The topological polar surface area (TPSA) is 54.0 Å². The van der Waals surface area contributed by atoms with Gasteiger partial charge in [0.05, 0.1) is 5.69 Å². The van der Waals surface area contributed by atoms with Crippen LogP contribution in [0.2, 0.25) is 0 Å². The molecule has 0 saturated carbocycles. The number of rotatable bonds is 5. The summed E-state index contributed by atoms with van der Waals surface area (Å²) in [5.41, 5.74) is 0.991. The molecule has 1 aromatic heterocycles. The molecule has 0 spiro atoms. The summed E-state index contributed by atoms with van der Waals surface area (Å²) in [6, 6.07) is 0. The van der Waals surface area contributed by atoms with E-state index in [1.54, 1.807) is 0 Å². The Morgan fingerprint density at radius 3 is 2.73 bits per heavy atom. The lowest BCUT2D eigenvalue weighted by Crippen LogP contribution is -2.15. The maximum atomic E-state index is 11.4. The Hall–Kier alpha value is -0.940. The van der Waals surface area contributed by atoms with Crippen molar-refractivity contribution in [1.29, 1.82) is 0 Å². The van der Waals surface area contributed by atoms with Gasteiger partial charge in [-0.3, -0.25) is 4.79 Å². The second kappa shape index (κ2) is 5.82. The summed E-state index contributed by atoms with van der Waals surface area (Å²) in [6.45, 7) is 4.81. The van der Waals surface area contributed by atoms with Crippen LogP contribution in [0.15, 0.2) is 0 Å². The Labute approximate surface area is 94.1 Å². The van der Waals surface area contributed by atoms with Crippen LogP contribution in [-0.2, 0) is 4.79 Å². The third-order valence-electron chi connectivity index (χ3n) is 2.11. The molecule has 0 aliphatic heterocycles. The second-order valence-corrected chi connectivity index (χ2v) is 4.62. The van der Waals surface area contributed by atoms with Crippen LogP contribution >= 0.6 is 11.3 Å². The van der Waals surface area contributed by atoms with Crippen LogP contribution in [0.1, 0.15) is 23.4 Å². The number of aromatic nitrogens is 1. The lowest BCUT2D eigenvalue weighted by Gasteiger charge is -2.00. The highest BCUT2D eigenvalue weighted by Gasteiger charge is 2.06. The van der Waals surface area contributed by atoms with Crippen LogP contribution in [-0.4, -0.2) is 24.5 Å². The Balaban J connectivity index is 2.37. The fraction of sp³-hybridized carbons (Fsp3) is 0.600. The van der Waals surface area contributed by atoms with Gasteiger partial charge in [-0.05, 0) is 33.9 Å². The fourth-order valence-electron chi connectivity index (χ4n) is 1.13. The molecule has 84 valence electrons. The Morgan fingerprint density at radius 1 is 1.47 bits per heavy atom. The van der Waals surface area contributed by atoms with Crippen LogP contribution < -0.4 is 10.6 Å². The maximum absolute atomic E-state index is 11.4. The van der Waals surface area contributed by atoms with Gasteiger partial charge >= 0.3 is 0 Å². The number of hydrogen-bond acceptors (Lipinski definition) is 4. The van der Waals surface area contributed by atoms with Gasteiger partial charge in [-0.1, -0.05) is 0 Å². The molecule has 1 heterocycles. The van der Waals surface area contributed by atoms with Gasteiger partial charge in [0.2, 0.25) is 5.91 Å². The van der Waals surface area contributed by atoms with Gasteiger partial charge in [0, 0.05) is 11.3 Å². The van der Waals surface area contributed by atoms with E-state index in [1.807, 2.05) is 20.9 Å². The van der Waals surface area contributed by atoms with Gasteiger partial charge in [-0.15, -0.1) is 11.3 Å². The van der Waals surface area contributed by atoms with E-state index in [0.29, 0.717) is 11.6 Å². The summed E-state index contributed by atoms with van der Waals surface area (Å²) in [5.74, 6) is 0.0407. The molecule has 0 saturated heterocycles. The molecule has 0 fully saturated rings. The molecular weight excluding hydrogens is 210 g/mol. The maximum Gasteiger partial charge on any atom is 0.226 e. The lowest BCUT2D eigenvalue weighted by molar-refractivity contribution is -0.116. The number of amides is 1. The first-order valence-electron chi connectivity index (χ1n) is 5.02. The molecule has 0 aromatic carbocycles. The van der Waals surface area contributed by atoms with E-state index < -0.39 is 0 Å². The first kappa shape index (κ1) is 12.1. The Bertz CT molecular complexity index is 316. The molecule has 15 heavy (non-hydrogen) atoms. The number of hydrogen-bond donors (Lipinski definition) is 2. The summed E-state index contributed by atoms with van der Waals surface area (Å²) >= 11 is 1.52. The van der Waals surface area contributed by atoms with E-state index in [4.69, 9.17) is 0 Å². The molecule has 0 aliphatic rings. The molecular formula is C10H17N3OS. The van der Waals surface area contributed by atoms with Crippen molar-refractivity contribution in [2.75, 3.05) is 18.9 Å². The molecule has 2 N–H and O–H groups in total. The molecule has 0 radical (unpaired) electrons. The predicted molar refractivity (Wildman–Crippen MR) is 63.4 cm³/mol. The number of thiazole rings is 1. The van der Waals surface area contributed by atoms with Gasteiger partial charge in [-0.25, -0.2) is 4.98 Å². The zero-order valence-electron chi connectivity index (χ0n) is 9.39. The first-order chi connectivity index (χ1) is 7.13. The summed E-state index contributed by atoms with van der Waals surface area (Å²) < 4.78 is 0. The molecule has 0 aliphatic carbocycles. The number of carbonyl (C=O) groups excluding carboxylic acids is 1. The van der Waals surface area contributed by atoms with E-state index in [0.717, 1.165) is 23.5 Å². The van der Waals surface area contributed by atoms with Crippen molar-refractivity contribution in [2.24, 2.45) is 0 Å². The molecule has 4 nitrogen and oxygen atoms in total. The number of nitrogens with one attached hydrogen (secondary N) is 2. The number of carbonyl (C=O) groups is 1. The highest BCUT2D eigenvalue weighted by molar-refractivity contribution is 7.15. The van der Waals surface area contributed by atoms with Crippen molar-refractivity contribution in [2.45, 2.75) is 26.7 Å². The smallest absolute Gasteiger partial charge is 0.226 e. The van der Waals surface area contributed by atoms with E-state index in [-0.39, 0.29) is 5.91 Å².